The second-order valence-electron chi connectivity index (χ2n) is 8.29. The Kier molecular flexibility index (Phi) is 5.10. The van der Waals surface area contributed by atoms with Gasteiger partial charge >= 0.3 is 5.97 Å². The number of aliphatic hydroxyl groups is 1. The van der Waals surface area contributed by atoms with Crippen molar-refractivity contribution in [2.45, 2.75) is 72.8 Å². The number of allylic oxidation sites excluding steroid dienone is 2. The van der Waals surface area contributed by atoms with E-state index in [4.69, 9.17) is 5.11 Å². The van der Waals surface area contributed by atoms with Gasteiger partial charge in [-0.25, -0.2) is 4.79 Å². The van der Waals surface area contributed by atoms with Gasteiger partial charge in [-0.3, -0.25) is 0 Å². The molecule has 130 valence electrons. The smallest absolute Gasteiger partial charge is 0.328 e. The molecular weight excluding hydrogens is 288 g/mol. The third kappa shape index (κ3) is 3.13. The van der Waals surface area contributed by atoms with Crippen LogP contribution < -0.4 is 0 Å². The minimum absolute atomic E-state index is 0.171. The molecule has 0 aromatic carbocycles. The van der Waals surface area contributed by atoms with E-state index in [1.54, 1.807) is 6.92 Å². The lowest BCUT2D eigenvalue weighted by Crippen LogP contribution is -2.55. The molecule has 0 amide bonds. The number of carboxylic acids is 1. The summed E-state index contributed by atoms with van der Waals surface area (Å²) in [6, 6.07) is 0. The highest BCUT2D eigenvalue weighted by molar-refractivity contribution is 5.80. The topological polar surface area (TPSA) is 57.5 Å². The summed E-state index contributed by atoms with van der Waals surface area (Å²) in [5.41, 5.74) is 2.21. The van der Waals surface area contributed by atoms with Gasteiger partial charge in [-0.15, -0.1) is 0 Å². The van der Waals surface area contributed by atoms with E-state index in [1.807, 2.05) is 0 Å². The van der Waals surface area contributed by atoms with Crippen molar-refractivity contribution < 1.29 is 15.0 Å². The Morgan fingerprint density at radius 2 is 2.09 bits per heavy atom. The maximum absolute atomic E-state index is 11.1. The average Bonchev–Trinajstić information content (AvgIpc) is 2.44. The van der Waals surface area contributed by atoms with Crippen LogP contribution >= 0.6 is 0 Å². The fourth-order valence-corrected chi connectivity index (χ4v) is 5.19. The first kappa shape index (κ1) is 18.3. The van der Waals surface area contributed by atoms with E-state index in [9.17, 15) is 9.90 Å². The maximum Gasteiger partial charge on any atom is 0.328 e. The van der Waals surface area contributed by atoms with Crippen LogP contribution in [0.25, 0.3) is 0 Å². The zero-order valence-corrected chi connectivity index (χ0v) is 15.2. The molecule has 2 N–H and O–H groups in total. The molecule has 2 aliphatic carbocycles. The van der Waals surface area contributed by atoms with E-state index >= 15 is 0 Å². The van der Waals surface area contributed by atoms with Gasteiger partial charge in [0.15, 0.2) is 0 Å². The monoisotopic (exact) mass is 320 g/mol. The Morgan fingerprint density at radius 3 is 2.70 bits per heavy atom. The molecule has 0 spiro atoms. The molecule has 0 heterocycles. The number of carboxylic acid groups (broad SMARTS) is 1. The van der Waals surface area contributed by atoms with Crippen molar-refractivity contribution in [1.82, 2.24) is 0 Å². The summed E-state index contributed by atoms with van der Waals surface area (Å²) in [5, 5.41) is 20.0. The Bertz CT molecular complexity index is 533. The molecule has 0 bridgehead atoms. The zero-order valence-electron chi connectivity index (χ0n) is 15.2. The van der Waals surface area contributed by atoms with E-state index in [-0.39, 0.29) is 10.8 Å². The van der Waals surface area contributed by atoms with Gasteiger partial charge in [-0.2, -0.15) is 0 Å². The first-order valence-corrected chi connectivity index (χ1v) is 8.87. The van der Waals surface area contributed by atoms with Gasteiger partial charge in [0.25, 0.3) is 0 Å². The fraction of sp³-hybridized carbons (Fsp3) is 0.750. The van der Waals surface area contributed by atoms with Crippen LogP contribution in [0.2, 0.25) is 0 Å². The Balaban J connectivity index is 2.33. The molecule has 1 fully saturated rings. The van der Waals surface area contributed by atoms with Gasteiger partial charge in [0.05, 0.1) is 6.10 Å². The van der Waals surface area contributed by atoms with Crippen molar-refractivity contribution >= 4 is 5.97 Å². The van der Waals surface area contributed by atoms with Crippen LogP contribution in [0.15, 0.2) is 23.3 Å². The van der Waals surface area contributed by atoms with E-state index in [1.165, 1.54) is 18.1 Å². The lowest BCUT2D eigenvalue weighted by atomic mass is 9.46. The highest BCUT2D eigenvalue weighted by atomic mass is 16.4. The lowest BCUT2D eigenvalue weighted by molar-refractivity contribution is -0.131. The summed E-state index contributed by atoms with van der Waals surface area (Å²) in [6.07, 6.45) is 8.06. The summed E-state index contributed by atoms with van der Waals surface area (Å²) < 4.78 is 0. The predicted octanol–water partition coefficient (Wildman–Crippen LogP) is 4.57. The minimum atomic E-state index is -0.933. The number of fused-ring (bicyclic) bond motifs is 1. The van der Waals surface area contributed by atoms with Gasteiger partial charge in [-0.1, -0.05) is 38.0 Å². The van der Waals surface area contributed by atoms with E-state index in [0.717, 1.165) is 24.8 Å². The SMILES string of the molecule is CC1=CCC[C@@H]2[C@@](C)([C@H](O)C/C(C)=C\C(=O)O)[C@H](C)CC[C@@]12C. The molecule has 2 aliphatic rings. The van der Waals surface area contributed by atoms with Gasteiger partial charge in [0, 0.05) is 6.08 Å². The average molecular weight is 320 g/mol. The van der Waals surface area contributed by atoms with E-state index < -0.39 is 12.1 Å². The van der Waals surface area contributed by atoms with Gasteiger partial charge in [0.1, 0.15) is 0 Å². The number of hydrogen-bond donors (Lipinski definition) is 2. The first-order chi connectivity index (χ1) is 10.6. The highest BCUT2D eigenvalue weighted by Gasteiger charge is 2.56. The van der Waals surface area contributed by atoms with Crippen molar-refractivity contribution in [3.05, 3.63) is 23.3 Å². The van der Waals surface area contributed by atoms with Gasteiger partial charge < -0.3 is 10.2 Å². The Morgan fingerprint density at radius 1 is 1.43 bits per heavy atom. The first-order valence-electron chi connectivity index (χ1n) is 8.87. The second kappa shape index (κ2) is 6.43. The molecule has 1 saturated carbocycles. The number of carbonyl (C=O) groups is 1. The largest absolute Gasteiger partial charge is 0.478 e. The molecule has 0 unspecified atom stereocenters. The standard InChI is InChI=1S/C20H32O3/c1-13(12-18(22)23)11-17(21)20(5)15(3)9-10-19(4)14(2)7-6-8-16(19)20/h7,12,15-17,21H,6,8-11H2,1-5H3,(H,22,23)/b13-12-/t15-,16+,17-,19+,20+/m1/s1. The normalized spacial score (nSPS) is 39.4. The maximum atomic E-state index is 11.1. The molecular formula is C20H32O3. The van der Waals surface area contributed by atoms with Crippen LogP contribution in [-0.4, -0.2) is 22.3 Å². The Labute approximate surface area is 140 Å². The van der Waals surface area contributed by atoms with Crippen LogP contribution in [0.1, 0.15) is 66.7 Å². The molecule has 0 aromatic rings. The molecule has 0 aliphatic heterocycles. The van der Waals surface area contributed by atoms with Crippen LogP contribution in [0, 0.1) is 22.7 Å². The number of aliphatic carboxylic acids is 1. The van der Waals surface area contributed by atoms with Crippen molar-refractivity contribution in [2.24, 2.45) is 22.7 Å². The summed E-state index contributed by atoms with van der Waals surface area (Å²) in [4.78, 5) is 10.9. The number of aliphatic hydroxyl groups excluding tert-OH is 1. The zero-order chi connectivity index (χ0) is 17.4. The molecule has 3 heteroatoms. The third-order valence-corrected chi connectivity index (χ3v) is 7.09. The lowest BCUT2D eigenvalue weighted by Gasteiger charge is -2.59. The predicted molar refractivity (Wildman–Crippen MR) is 93.1 cm³/mol. The summed E-state index contributed by atoms with van der Waals surface area (Å²) in [5.74, 6) is -0.0340. The summed E-state index contributed by atoms with van der Waals surface area (Å²) >= 11 is 0. The summed E-state index contributed by atoms with van der Waals surface area (Å²) in [7, 11) is 0. The number of hydrogen-bond acceptors (Lipinski definition) is 2. The van der Waals surface area contributed by atoms with Gasteiger partial charge in [-0.05, 0) is 68.6 Å². The van der Waals surface area contributed by atoms with E-state index in [0.29, 0.717) is 18.3 Å². The fourth-order valence-electron chi connectivity index (χ4n) is 5.19. The molecule has 23 heavy (non-hydrogen) atoms. The molecule has 0 aromatic heterocycles. The van der Waals surface area contributed by atoms with Crippen molar-refractivity contribution in [3.63, 3.8) is 0 Å². The molecule has 3 nitrogen and oxygen atoms in total. The van der Waals surface area contributed by atoms with Crippen LogP contribution in [0.4, 0.5) is 0 Å². The van der Waals surface area contributed by atoms with Crippen LogP contribution in [-0.2, 0) is 4.79 Å². The molecule has 2 rings (SSSR count). The second-order valence-corrected chi connectivity index (χ2v) is 8.29. The molecule has 5 atom stereocenters. The van der Waals surface area contributed by atoms with Crippen molar-refractivity contribution in [3.8, 4) is 0 Å². The Hall–Kier alpha value is -1.09. The molecule has 0 saturated heterocycles. The van der Waals surface area contributed by atoms with Crippen LogP contribution in [0.5, 0.6) is 0 Å². The van der Waals surface area contributed by atoms with Crippen molar-refractivity contribution in [2.75, 3.05) is 0 Å². The van der Waals surface area contributed by atoms with Crippen LogP contribution in [0.3, 0.4) is 0 Å². The number of rotatable bonds is 4. The van der Waals surface area contributed by atoms with Gasteiger partial charge in [0.2, 0.25) is 0 Å². The summed E-state index contributed by atoms with van der Waals surface area (Å²) in [6.45, 7) is 10.9. The molecule has 0 radical (unpaired) electrons. The quantitative estimate of drug-likeness (QED) is 0.589. The third-order valence-electron chi connectivity index (χ3n) is 7.09. The minimum Gasteiger partial charge on any atom is -0.478 e. The highest BCUT2D eigenvalue weighted by Crippen LogP contribution is 2.61. The van der Waals surface area contributed by atoms with E-state index in [2.05, 4.69) is 33.8 Å². The van der Waals surface area contributed by atoms with Crippen molar-refractivity contribution in [1.29, 1.82) is 0 Å².